The number of carbonyl (C=O) groups is 1. The molecule has 2 aliphatic rings. The number of allylic oxidation sites excluding steroid dienone is 6. The van der Waals surface area contributed by atoms with Crippen molar-refractivity contribution in [3.8, 4) is 0 Å². The highest BCUT2D eigenvalue weighted by Gasteiger charge is 2.21. The Morgan fingerprint density at radius 3 is 2.70 bits per heavy atom. The lowest BCUT2D eigenvalue weighted by Gasteiger charge is -2.10. The zero-order chi connectivity index (χ0) is 22.6. The summed E-state index contributed by atoms with van der Waals surface area (Å²) in [6.45, 7) is 0.481. The third-order valence-electron chi connectivity index (χ3n) is 5.43. The molecule has 0 atom stereocenters. The van der Waals surface area contributed by atoms with E-state index < -0.39 is 0 Å². The van der Waals surface area contributed by atoms with Crippen molar-refractivity contribution < 1.29 is 4.79 Å². The predicted octanol–water partition coefficient (Wildman–Crippen LogP) is 7.21. The average molecular weight is 469 g/mol. The van der Waals surface area contributed by atoms with Crippen LogP contribution in [0.25, 0.3) is 0 Å². The van der Waals surface area contributed by atoms with Crippen molar-refractivity contribution in [2.75, 3.05) is 0 Å². The number of carbonyl (C=O) groups excluding carboxylic acids is 1. The van der Waals surface area contributed by atoms with Gasteiger partial charge in [0.25, 0.3) is 5.91 Å². The van der Waals surface area contributed by atoms with E-state index in [1.165, 1.54) is 0 Å². The van der Waals surface area contributed by atoms with Gasteiger partial charge in [0.1, 0.15) is 0 Å². The quantitative estimate of drug-likeness (QED) is 0.439. The lowest BCUT2D eigenvalue weighted by atomic mass is 10.0. The number of aliphatic imine (C=N–C) groups is 1. The van der Waals surface area contributed by atoms with Gasteiger partial charge >= 0.3 is 0 Å². The molecule has 1 heterocycles. The summed E-state index contributed by atoms with van der Waals surface area (Å²) in [5.74, 6) is -0.119. The number of hydrogen-bond donors (Lipinski definition) is 1. The fourth-order valence-corrected chi connectivity index (χ4v) is 4.99. The summed E-state index contributed by atoms with van der Waals surface area (Å²) >= 11 is 8.04. The van der Waals surface area contributed by atoms with Gasteiger partial charge in [-0.05, 0) is 54.0 Å². The molecule has 1 N–H and O–H groups in total. The van der Waals surface area contributed by atoms with E-state index in [0.717, 1.165) is 44.3 Å². The smallest absolute Gasteiger partial charge is 0.251 e. The number of hydrogen-bond acceptors (Lipinski definition) is 3. The zero-order valence-corrected chi connectivity index (χ0v) is 19.4. The molecular weight excluding hydrogens is 448 g/mol. The van der Waals surface area contributed by atoms with Crippen molar-refractivity contribution in [3.05, 3.63) is 124 Å². The zero-order valence-electron chi connectivity index (χ0n) is 17.8. The van der Waals surface area contributed by atoms with Crippen molar-refractivity contribution in [2.45, 2.75) is 22.8 Å². The Kier molecular flexibility index (Phi) is 6.29. The van der Waals surface area contributed by atoms with Gasteiger partial charge < -0.3 is 5.32 Å². The van der Waals surface area contributed by atoms with Gasteiger partial charge in [-0.2, -0.15) is 0 Å². The van der Waals surface area contributed by atoms with Crippen LogP contribution in [-0.4, -0.2) is 11.6 Å². The molecule has 0 bridgehead atoms. The number of nitrogens with one attached hydrogen (secondary N) is 1. The molecule has 0 spiro atoms. The maximum Gasteiger partial charge on any atom is 0.251 e. The number of halogens is 1. The Morgan fingerprint density at radius 1 is 1.00 bits per heavy atom. The second-order valence-electron chi connectivity index (χ2n) is 7.74. The van der Waals surface area contributed by atoms with Crippen molar-refractivity contribution >= 4 is 40.7 Å². The molecule has 1 aliphatic heterocycles. The van der Waals surface area contributed by atoms with Crippen molar-refractivity contribution in [3.63, 3.8) is 0 Å². The van der Waals surface area contributed by atoms with Gasteiger partial charge in [0.05, 0.1) is 11.4 Å². The maximum atomic E-state index is 12.9. The first-order valence-electron chi connectivity index (χ1n) is 10.7. The Labute approximate surface area is 202 Å². The van der Waals surface area contributed by atoms with Crippen LogP contribution in [-0.2, 0) is 6.54 Å². The van der Waals surface area contributed by atoms with E-state index in [-0.39, 0.29) is 5.91 Å². The minimum absolute atomic E-state index is 0.119. The van der Waals surface area contributed by atoms with E-state index in [4.69, 9.17) is 16.6 Å². The molecule has 5 heteroatoms. The predicted molar refractivity (Wildman–Crippen MR) is 137 cm³/mol. The SMILES string of the molecule is O=C(NCc1ccccc1)c1ccc2c(c1)N=C(C1=CCC=CC(Cl)=C1)c1ccccc1S2. The van der Waals surface area contributed by atoms with Crippen LogP contribution >= 0.6 is 23.4 Å². The Hall–Kier alpha value is -3.34. The lowest BCUT2D eigenvalue weighted by molar-refractivity contribution is 0.0951. The van der Waals surface area contributed by atoms with Gasteiger partial charge in [-0.1, -0.05) is 84.0 Å². The molecule has 0 aromatic heterocycles. The minimum atomic E-state index is -0.119. The van der Waals surface area contributed by atoms with Gasteiger partial charge in [-0.3, -0.25) is 4.79 Å². The highest BCUT2D eigenvalue weighted by molar-refractivity contribution is 7.99. The summed E-state index contributed by atoms with van der Waals surface area (Å²) in [6.07, 6.45) is 8.81. The summed E-state index contributed by atoms with van der Waals surface area (Å²) < 4.78 is 0. The van der Waals surface area contributed by atoms with Crippen LogP contribution in [0.2, 0.25) is 0 Å². The van der Waals surface area contributed by atoms with E-state index in [9.17, 15) is 4.79 Å². The number of benzene rings is 3. The molecule has 0 saturated heterocycles. The fraction of sp³-hybridized carbons (Fsp3) is 0.0714. The normalized spacial score (nSPS) is 14.6. The maximum absolute atomic E-state index is 12.9. The average Bonchev–Trinajstić information content (AvgIpc) is 3.16. The fourth-order valence-electron chi connectivity index (χ4n) is 3.78. The first-order valence-corrected chi connectivity index (χ1v) is 11.9. The largest absolute Gasteiger partial charge is 0.348 e. The lowest BCUT2D eigenvalue weighted by Crippen LogP contribution is -2.22. The summed E-state index contributed by atoms with van der Waals surface area (Å²) in [5.41, 5.74) is 5.32. The highest BCUT2D eigenvalue weighted by atomic mass is 35.5. The Morgan fingerprint density at radius 2 is 1.82 bits per heavy atom. The molecule has 0 saturated carbocycles. The van der Waals surface area contributed by atoms with E-state index >= 15 is 0 Å². The van der Waals surface area contributed by atoms with Gasteiger partial charge in [-0.25, -0.2) is 4.99 Å². The van der Waals surface area contributed by atoms with Gasteiger partial charge in [-0.15, -0.1) is 0 Å². The number of nitrogens with zero attached hydrogens (tertiary/aromatic N) is 1. The Bertz CT molecular complexity index is 1340. The molecule has 1 aliphatic carbocycles. The second kappa shape index (κ2) is 9.65. The van der Waals surface area contributed by atoms with Gasteiger partial charge in [0, 0.05) is 32.5 Å². The first-order chi connectivity index (χ1) is 16.2. The third-order valence-corrected chi connectivity index (χ3v) is 6.81. The number of amides is 1. The molecule has 0 fully saturated rings. The van der Waals surface area contributed by atoms with Crippen LogP contribution in [0.5, 0.6) is 0 Å². The molecule has 3 nitrogen and oxygen atoms in total. The monoisotopic (exact) mass is 468 g/mol. The van der Waals surface area contributed by atoms with Crippen LogP contribution in [0.15, 0.2) is 122 Å². The van der Waals surface area contributed by atoms with Crippen molar-refractivity contribution in [2.24, 2.45) is 4.99 Å². The summed E-state index contributed by atoms with van der Waals surface area (Å²) in [7, 11) is 0. The van der Waals surface area contributed by atoms with Gasteiger partial charge in [0.2, 0.25) is 0 Å². The molecule has 3 aromatic rings. The van der Waals surface area contributed by atoms with Crippen LogP contribution in [0.1, 0.15) is 27.9 Å². The topological polar surface area (TPSA) is 41.5 Å². The van der Waals surface area contributed by atoms with Crippen LogP contribution in [0.3, 0.4) is 0 Å². The molecule has 3 aromatic carbocycles. The van der Waals surface area contributed by atoms with E-state index in [1.807, 2.05) is 78.9 Å². The molecule has 162 valence electrons. The third kappa shape index (κ3) is 4.87. The molecule has 33 heavy (non-hydrogen) atoms. The van der Waals surface area contributed by atoms with Gasteiger partial charge in [0.15, 0.2) is 0 Å². The van der Waals surface area contributed by atoms with Crippen LogP contribution in [0, 0.1) is 0 Å². The van der Waals surface area contributed by atoms with E-state index in [0.29, 0.717) is 17.1 Å². The molecule has 0 unspecified atom stereocenters. The molecule has 5 rings (SSSR count). The van der Waals surface area contributed by atoms with Crippen molar-refractivity contribution in [1.29, 1.82) is 0 Å². The van der Waals surface area contributed by atoms with Crippen LogP contribution in [0.4, 0.5) is 5.69 Å². The second-order valence-corrected chi connectivity index (χ2v) is 9.26. The summed E-state index contributed by atoms with van der Waals surface area (Å²) in [6, 6.07) is 23.8. The minimum Gasteiger partial charge on any atom is -0.348 e. The number of rotatable bonds is 4. The highest BCUT2D eigenvalue weighted by Crippen LogP contribution is 2.42. The first kappa shape index (κ1) is 21.5. The Balaban J connectivity index is 1.52. The van der Waals surface area contributed by atoms with Crippen LogP contribution < -0.4 is 5.32 Å². The molecule has 1 amide bonds. The van der Waals surface area contributed by atoms with E-state index in [1.54, 1.807) is 11.8 Å². The van der Waals surface area contributed by atoms with Crippen molar-refractivity contribution in [1.82, 2.24) is 5.32 Å². The summed E-state index contributed by atoms with van der Waals surface area (Å²) in [5, 5.41) is 3.67. The van der Waals surface area contributed by atoms with E-state index in [2.05, 4.69) is 23.5 Å². The standard InChI is InChI=1S/C28H21ClN2OS/c29-22-11-5-4-10-20(16-22)27-23-12-6-7-13-25(23)33-26-15-14-21(17-24(26)31-27)28(32)30-18-19-8-2-1-3-9-19/h1-3,5-17H,4,18H2,(H,30,32). The summed E-state index contributed by atoms with van der Waals surface area (Å²) in [4.78, 5) is 20.1. The molecular formula is C28H21ClN2OS. The number of fused-ring (bicyclic) bond motifs is 2. The molecule has 0 radical (unpaired) electrons.